The number of fused-ring (bicyclic) bond motifs is 2. The Morgan fingerprint density at radius 3 is 2.75 bits per heavy atom. The van der Waals surface area contributed by atoms with Gasteiger partial charge in [-0.15, -0.1) is 0 Å². The van der Waals surface area contributed by atoms with Gasteiger partial charge in [0.15, 0.2) is 0 Å². The monoisotopic (exact) mass is 168 g/mol. The molecule has 1 saturated carbocycles. The molecule has 0 spiro atoms. The smallest absolute Gasteiger partial charge is 0.00985 e. The summed E-state index contributed by atoms with van der Waals surface area (Å²) >= 11 is 0. The summed E-state index contributed by atoms with van der Waals surface area (Å²) in [5, 5.41) is 0. The first-order chi connectivity index (χ1) is 5.90. The summed E-state index contributed by atoms with van der Waals surface area (Å²) in [6, 6.07) is 0.952. The predicted octanol–water partition coefficient (Wildman–Crippen LogP) is 1.21. The van der Waals surface area contributed by atoms with Crippen molar-refractivity contribution in [1.82, 2.24) is 4.90 Å². The summed E-state index contributed by atoms with van der Waals surface area (Å²) in [5.74, 6) is 1.05. The van der Waals surface area contributed by atoms with Crippen LogP contribution in [0.2, 0.25) is 0 Å². The second-order valence-electron chi connectivity index (χ2n) is 4.32. The summed E-state index contributed by atoms with van der Waals surface area (Å²) in [6.07, 6.45) is 6.96. The van der Waals surface area contributed by atoms with Gasteiger partial charge in [-0.3, -0.25) is 0 Å². The Morgan fingerprint density at radius 1 is 1.25 bits per heavy atom. The molecule has 2 aliphatic rings. The van der Waals surface area contributed by atoms with Gasteiger partial charge in [-0.2, -0.15) is 0 Å². The molecule has 2 N–H and O–H groups in total. The molecule has 1 saturated heterocycles. The van der Waals surface area contributed by atoms with E-state index >= 15 is 0 Å². The van der Waals surface area contributed by atoms with Gasteiger partial charge in [0.1, 0.15) is 0 Å². The van der Waals surface area contributed by atoms with Crippen LogP contribution in [0.3, 0.4) is 0 Å². The van der Waals surface area contributed by atoms with Crippen LogP contribution < -0.4 is 5.73 Å². The minimum absolute atomic E-state index is 0.863. The van der Waals surface area contributed by atoms with Crippen molar-refractivity contribution in [2.24, 2.45) is 11.7 Å². The van der Waals surface area contributed by atoms with Crippen molar-refractivity contribution in [2.45, 2.75) is 38.1 Å². The largest absolute Gasteiger partial charge is 0.330 e. The predicted molar refractivity (Wildman–Crippen MR) is 51.0 cm³/mol. The fourth-order valence-corrected chi connectivity index (χ4v) is 2.76. The highest BCUT2D eigenvalue weighted by molar-refractivity contribution is 4.91. The normalized spacial score (nSPS) is 34.8. The molecular weight excluding hydrogens is 148 g/mol. The Kier molecular flexibility index (Phi) is 2.66. The molecule has 2 atom stereocenters. The van der Waals surface area contributed by atoms with E-state index in [9.17, 15) is 0 Å². The fourth-order valence-electron chi connectivity index (χ4n) is 2.76. The summed E-state index contributed by atoms with van der Waals surface area (Å²) in [5.41, 5.74) is 5.47. The molecule has 1 aliphatic carbocycles. The molecule has 0 aromatic heterocycles. The number of nitrogens with two attached hydrogens (primary N) is 1. The van der Waals surface area contributed by atoms with E-state index in [0.29, 0.717) is 0 Å². The average molecular weight is 168 g/mol. The zero-order chi connectivity index (χ0) is 8.39. The number of unbranched alkanes of at least 4 members (excludes halogenated alkanes) is 1. The quantitative estimate of drug-likeness (QED) is 0.639. The Labute approximate surface area is 75.1 Å². The topological polar surface area (TPSA) is 29.3 Å². The maximum absolute atomic E-state index is 5.47. The van der Waals surface area contributed by atoms with E-state index in [1.165, 1.54) is 45.2 Å². The highest BCUT2D eigenvalue weighted by Crippen LogP contribution is 2.37. The number of piperidine rings is 1. The molecule has 2 unspecified atom stereocenters. The first kappa shape index (κ1) is 8.52. The van der Waals surface area contributed by atoms with Crippen molar-refractivity contribution in [2.75, 3.05) is 19.6 Å². The van der Waals surface area contributed by atoms with Crippen LogP contribution in [0.15, 0.2) is 0 Å². The summed E-state index contributed by atoms with van der Waals surface area (Å²) < 4.78 is 0. The third-order valence-electron chi connectivity index (χ3n) is 3.42. The zero-order valence-corrected chi connectivity index (χ0v) is 7.84. The Balaban J connectivity index is 1.69. The third kappa shape index (κ3) is 1.64. The van der Waals surface area contributed by atoms with Crippen LogP contribution in [-0.4, -0.2) is 30.6 Å². The van der Waals surface area contributed by atoms with Crippen molar-refractivity contribution in [1.29, 1.82) is 0 Å². The van der Waals surface area contributed by atoms with Gasteiger partial charge in [0.05, 0.1) is 0 Å². The van der Waals surface area contributed by atoms with Crippen LogP contribution in [0.1, 0.15) is 32.1 Å². The highest BCUT2D eigenvalue weighted by atomic mass is 15.2. The van der Waals surface area contributed by atoms with Crippen LogP contribution in [0.5, 0.6) is 0 Å². The Morgan fingerprint density at radius 2 is 2.17 bits per heavy atom. The molecular formula is C10H20N2. The number of hydrogen-bond acceptors (Lipinski definition) is 2. The molecule has 0 aromatic carbocycles. The van der Waals surface area contributed by atoms with Crippen LogP contribution in [0.4, 0.5) is 0 Å². The van der Waals surface area contributed by atoms with Crippen molar-refractivity contribution in [3.8, 4) is 0 Å². The highest BCUT2D eigenvalue weighted by Gasteiger charge is 2.36. The van der Waals surface area contributed by atoms with E-state index in [1.54, 1.807) is 0 Å². The summed E-state index contributed by atoms with van der Waals surface area (Å²) in [7, 11) is 0. The van der Waals surface area contributed by atoms with Crippen LogP contribution >= 0.6 is 0 Å². The van der Waals surface area contributed by atoms with Crippen molar-refractivity contribution >= 4 is 0 Å². The standard InChI is InChI=1S/C10H20N2/c11-5-1-2-6-12-8-9-3-4-10(12)7-9/h9-10H,1-8,11H2. The van der Waals surface area contributed by atoms with Gasteiger partial charge in [-0.05, 0) is 51.1 Å². The lowest BCUT2D eigenvalue weighted by Crippen LogP contribution is -2.33. The van der Waals surface area contributed by atoms with Crippen molar-refractivity contribution in [3.63, 3.8) is 0 Å². The maximum atomic E-state index is 5.47. The van der Waals surface area contributed by atoms with Crippen molar-refractivity contribution < 1.29 is 0 Å². The van der Waals surface area contributed by atoms with Gasteiger partial charge in [0.2, 0.25) is 0 Å². The van der Waals surface area contributed by atoms with Gasteiger partial charge < -0.3 is 10.6 Å². The van der Waals surface area contributed by atoms with E-state index < -0.39 is 0 Å². The molecule has 2 bridgehead atoms. The molecule has 0 radical (unpaired) electrons. The van der Waals surface area contributed by atoms with Gasteiger partial charge in [-0.1, -0.05) is 0 Å². The van der Waals surface area contributed by atoms with Gasteiger partial charge >= 0.3 is 0 Å². The second-order valence-corrected chi connectivity index (χ2v) is 4.32. The molecule has 70 valence electrons. The third-order valence-corrected chi connectivity index (χ3v) is 3.42. The van der Waals surface area contributed by atoms with Gasteiger partial charge in [0, 0.05) is 12.6 Å². The second kappa shape index (κ2) is 3.75. The van der Waals surface area contributed by atoms with Gasteiger partial charge in [0.25, 0.3) is 0 Å². The average Bonchev–Trinajstić information content (AvgIpc) is 2.65. The molecule has 2 fully saturated rings. The Bertz CT molecular complexity index is 147. The van der Waals surface area contributed by atoms with Crippen LogP contribution in [0, 0.1) is 5.92 Å². The zero-order valence-electron chi connectivity index (χ0n) is 7.84. The molecule has 1 aliphatic heterocycles. The molecule has 2 nitrogen and oxygen atoms in total. The lowest BCUT2D eigenvalue weighted by atomic mass is 10.1. The summed E-state index contributed by atoms with van der Waals surface area (Å²) in [6.45, 7) is 3.55. The SMILES string of the molecule is NCCCCN1CC2CCC1C2. The molecule has 0 aromatic rings. The number of rotatable bonds is 4. The molecule has 2 rings (SSSR count). The van der Waals surface area contributed by atoms with E-state index in [2.05, 4.69) is 4.90 Å². The fraction of sp³-hybridized carbons (Fsp3) is 1.00. The number of hydrogen-bond donors (Lipinski definition) is 1. The molecule has 2 heteroatoms. The molecule has 1 heterocycles. The lowest BCUT2D eigenvalue weighted by molar-refractivity contribution is 0.210. The maximum Gasteiger partial charge on any atom is 0.00985 e. The lowest BCUT2D eigenvalue weighted by Gasteiger charge is -2.26. The van der Waals surface area contributed by atoms with Crippen LogP contribution in [0.25, 0.3) is 0 Å². The first-order valence-electron chi connectivity index (χ1n) is 5.34. The molecule has 12 heavy (non-hydrogen) atoms. The minimum atomic E-state index is 0.863. The summed E-state index contributed by atoms with van der Waals surface area (Å²) in [4.78, 5) is 2.68. The van der Waals surface area contributed by atoms with E-state index in [4.69, 9.17) is 5.73 Å². The van der Waals surface area contributed by atoms with Crippen molar-refractivity contribution in [3.05, 3.63) is 0 Å². The molecule has 0 amide bonds. The van der Waals surface area contributed by atoms with Crippen LogP contribution in [-0.2, 0) is 0 Å². The van der Waals surface area contributed by atoms with Gasteiger partial charge in [-0.25, -0.2) is 0 Å². The Hall–Kier alpha value is -0.0800. The number of likely N-dealkylation sites (tertiary alicyclic amines) is 1. The van der Waals surface area contributed by atoms with E-state index in [1.807, 2.05) is 0 Å². The minimum Gasteiger partial charge on any atom is -0.330 e. The van der Waals surface area contributed by atoms with E-state index in [-0.39, 0.29) is 0 Å². The first-order valence-corrected chi connectivity index (χ1v) is 5.34. The van der Waals surface area contributed by atoms with E-state index in [0.717, 1.165) is 18.5 Å². The number of nitrogens with zero attached hydrogens (tertiary/aromatic N) is 1.